The molecule has 1 aromatic rings. The molecule has 116 valence electrons. The molecule has 0 aliphatic rings. The molecule has 1 aromatic carbocycles. The molecule has 0 saturated carbocycles. The first kappa shape index (κ1) is 17.2. The van der Waals surface area contributed by atoms with Gasteiger partial charge in [-0.05, 0) is 50.9 Å². The lowest BCUT2D eigenvalue weighted by molar-refractivity contribution is -0.116. The summed E-state index contributed by atoms with van der Waals surface area (Å²) in [4.78, 5) is 23.7. The van der Waals surface area contributed by atoms with Crippen molar-refractivity contribution in [2.75, 3.05) is 11.9 Å². The summed E-state index contributed by atoms with van der Waals surface area (Å²) in [6, 6.07) is 7.02. The zero-order valence-corrected chi connectivity index (χ0v) is 13.0. The van der Waals surface area contributed by atoms with Crippen molar-refractivity contribution >= 4 is 17.5 Å². The van der Waals surface area contributed by atoms with Crippen LogP contribution in [-0.4, -0.2) is 24.4 Å². The fourth-order valence-corrected chi connectivity index (χ4v) is 1.80. The minimum Gasteiger partial charge on any atom is -0.350 e. The van der Waals surface area contributed by atoms with Crippen LogP contribution in [0.25, 0.3) is 0 Å². The Kier molecular flexibility index (Phi) is 6.88. The summed E-state index contributed by atoms with van der Waals surface area (Å²) in [7, 11) is 0. The van der Waals surface area contributed by atoms with Crippen LogP contribution in [0.3, 0.4) is 0 Å². The van der Waals surface area contributed by atoms with Crippen LogP contribution in [0.4, 0.5) is 5.69 Å². The van der Waals surface area contributed by atoms with Crippen molar-refractivity contribution in [2.24, 2.45) is 11.7 Å². The highest BCUT2D eigenvalue weighted by Crippen LogP contribution is 2.12. The second-order valence-corrected chi connectivity index (χ2v) is 5.64. The molecule has 1 atom stereocenters. The maximum Gasteiger partial charge on any atom is 0.251 e. The van der Waals surface area contributed by atoms with Gasteiger partial charge in [-0.1, -0.05) is 13.0 Å². The van der Waals surface area contributed by atoms with E-state index in [1.807, 2.05) is 20.8 Å². The number of nitrogens with two attached hydrogens (primary N) is 1. The number of hydrogen-bond acceptors (Lipinski definition) is 3. The lowest BCUT2D eigenvalue weighted by Gasteiger charge is -2.11. The SMILES string of the molecule is CC(CN)CCC(=O)Nc1cccc(C(=O)NC(C)C)c1. The molecule has 0 saturated heterocycles. The summed E-state index contributed by atoms with van der Waals surface area (Å²) in [5, 5.41) is 5.63. The van der Waals surface area contributed by atoms with Crippen molar-refractivity contribution in [3.05, 3.63) is 29.8 Å². The summed E-state index contributed by atoms with van der Waals surface area (Å²) >= 11 is 0. The van der Waals surface area contributed by atoms with Gasteiger partial charge in [0.1, 0.15) is 0 Å². The Bertz CT molecular complexity index is 486. The quantitative estimate of drug-likeness (QED) is 0.719. The summed E-state index contributed by atoms with van der Waals surface area (Å²) in [5.74, 6) is 0.133. The maximum atomic E-state index is 11.9. The lowest BCUT2D eigenvalue weighted by atomic mass is 10.1. The van der Waals surface area contributed by atoms with Gasteiger partial charge in [0, 0.05) is 23.7 Å². The van der Waals surface area contributed by atoms with Gasteiger partial charge in [0.25, 0.3) is 5.91 Å². The second-order valence-electron chi connectivity index (χ2n) is 5.64. The van der Waals surface area contributed by atoms with E-state index in [4.69, 9.17) is 5.73 Å². The molecule has 0 aliphatic heterocycles. The van der Waals surface area contributed by atoms with Crippen molar-refractivity contribution in [3.63, 3.8) is 0 Å². The van der Waals surface area contributed by atoms with Gasteiger partial charge in [-0.15, -0.1) is 0 Å². The fraction of sp³-hybridized carbons (Fsp3) is 0.500. The maximum absolute atomic E-state index is 11.9. The van der Waals surface area contributed by atoms with Crippen LogP contribution in [0.1, 0.15) is 44.0 Å². The Morgan fingerprint density at radius 2 is 1.95 bits per heavy atom. The molecule has 1 rings (SSSR count). The largest absolute Gasteiger partial charge is 0.350 e. The third-order valence-corrected chi connectivity index (χ3v) is 3.09. The Labute approximate surface area is 126 Å². The molecule has 0 aromatic heterocycles. The van der Waals surface area contributed by atoms with Crippen molar-refractivity contribution < 1.29 is 9.59 Å². The van der Waals surface area contributed by atoms with E-state index in [9.17, 15) is 9.59 Å². The Morgan fingerprint density at radius 3 is 2.57 bits per heavy atom. The summed E-state index contributed by atoms with van der Waals surface area (Å²) in [6.45, 7) is 6.41. The summed E-state index contributed by atoms with van der Waals surface area (Å²) in [5.41, 5.74) is 6.70. The third kappa shape index (κ3) is 6.40. The zero-order chi connectivity index (χ0) is 15.8. The molecule has 5 heteroatoms. The van der Waals surface area contributed by atoms with E-state index in [1.54, 1.807) is 24.3 Å². The summed E-state index contributed by atoms with van der Waals surface area (Å²) in [6.07, 6.45) is 1.19. The molecule has 0 aliphatic carbocycles. The number of amides is 2. The summed E-state index contributed by atoms with van der Waals surface area (Å²) < 4.78 is 0. The van der Waals surface area contributed by atoms with Crippen molar-refractivity contribution in [1.82, 2.24) is 5.32 Å². The highest BCUT2D eigenvalue weighted by Gasteiger charge is 2.09. The molecule has 0 bridgehead atoms. The first-order valence-electron chi connectivity index (χ1n) is 7.33. The van der Waals surface area contributed by atoms with Gasteiger partial charge in [0.2, 0.25) is 5.91 Å². The standard InChI is InChI=1S/C16H25N3O2/c1-11(2)18-16(21)13-5-4-6-14(9-13)19-15(20)8-7-12(3)10-17/h4-6,9,11-12H,7-8,10,17H2,1-3H3,(H,18,21)(H,19,20). The van der Waals surface area contributed by atoms with Gasteiger partial charge in [0.15, 0.2) is 0 Å². The van der Waals surface area contributed by atoms with Crippen molar-refractivity contribution in [3.8, 4) is 0 Å². The smallest absolute Gasteiger partial charge is 0.251 e. The molecule has 21 heavy (non-hydrogen) atoms. The first-order chi connectivity index (χ1) is 9.92. The molecular weight excluding hydrogens is 266 g/mol. The highest BCUT2D eigenvalue weighted by atomic mass is 16.2. The zero-order valence-electron chi connectivity index (χ0n) is 13.0. The topological polar surface area (TPSA) is 84.2 Å². The van der Waals surface area contributed by atoms with Gasteiger partial charge < -0.3 is 16.4 Å². The van der Waals surface area contributed by atoms with Crippen LogP contribution < -0.4 is 16.4 Å². The Morgan fingerprint density at radius 1 is 1.24 bits per heavy atom. The number of hydrogen-bond donors (Lipinski definition) is 3. The van der Waals surface area contributed by atoms with E-state index in [-0.39, 0.29) is 17.9 Å². The van der Waals surface area contributed by atoms with E-state index in [2.05, 4.69) is 10.6 Å². The van der Waals surface area contributed by atoms with Crippen LogP contribution in [0, 0.1) is 5.92 Å². The van der Waals surface area contributed by atoms with Crippen molar-refractivity contribution in [2.45, 2.75) is 39.7 Å². The van der Waals surface area contributed by atoms with E-state index in [1.165, 1.54) is 0 Å². The second kappa shape index (κ2) is 8.42. The first-order valence-corrected chi connectivity index (χ1v) is 7.33. The normalized spacial score (nSPS) is 12.0. The molecule has 2 amide bonds. The van der Waals surface area contributed by atoms with Crippen LogP contribution in [0.2, 0.25) is 0 Å². The molecule has 0 fully saturated rings. The average molecular weight is 291 g/mol. The van der Waals surface area contributed by atoms with E-state index < -0.39 is 0 Å². The molecular formula is C16H25N3O2. The number of benzene rings is 1. The van der Waals surface area contributed by atoms with Crippen LogP contribution in [-0.2, 0) is 4.79 Å². The number of carbonyl (C=O) groups excluding carboxylic acids is 2. The third-order valence-electron chi connectivity index (χ3n) is 3.09. The van der Waals surface area contributed by atoms with Gasteiger partial charge in [-0.3, -0.25) is 9.59 Å². The highest BCUT2D eigenvalue weighted by molar-refractivity contribution is 5.97. The van der Waals surface area contributed by atoms with E-state index in [0.29, 0.717) is 30.1 Å². The fourth-order valence-electron chi connectivity index (χ4n) is 1.80. The molecule has 0 spiro atoms. The van der Waals surface area contributed by atoms with Gasteiger partial charge in [-0.25, -0.2) is 0 Å². The van der Waals surface area contributed by atoms with E-state index >= 15 is 0 Å². The number of anilines is 1. The van der Waals surface area contributed by atoms with Gasteiger partial charge in [-0.2, -0.15) is 0 Å². The Hall–Kier alpha value is -1.88. The monoisotopic (exact) mass is 291 g/mol. The predicted octanol–water partition coefficient (Wildman–Crippen LogP) is 2.14. The van der Waals surface area contributed by atoms with Crippen LogP contribution in [0.15, 0.2) is 24.3 Å². The van der Waals surface area contributed by atoms with Gasteiger partial charge in [0.05, 0.1) is 0 Å². The van der Waals surface area contributed by atoms with Crippen LogP contribution >= 0.6 is 0 Å². The molecule has 0 radical (unpaired) electrons. The predicted molar refractivity (Wildman–Crippen MR) is 85.1 cm³/mol. The number of rotatable bonds is 7. The molecule has 4 N–H and O–H groups in total. The molecule has 1 unspecified atom stereocenters. The minimum atomic E-state index is -0.141. The van der Waals surface area contributed by atoms with Crippen LogP contribution in [0.5, 0.6) is 0 Å². The number of nitrogens with one attached hydrogen (secondary N) is 2. The minimum absolute atomic E-state index is 0.0586. The van der Waals surface area contributed by atoms with Gasteiger partial charge >= 0.3 is 0 Å². The molecule has 0 heterocycles. The lowest BCUT2D eigenvalue weighted by Crippen LogP contribution is -2.30. The van der Waals surface area contributed by atoms with Crippen molar-refractivity contribution in [1.29, 1.82) is 0 Å². The van der Waals surface area contributed by atoms with E-state index in [0.717, 1.165) is 6.42 Å². The number of carbonyl (C=O) groups is 2. The average Bonchev–Trinajstić information content (AvgIpc) is 2.44. The Balaban J connectivity index is 2.60. The molecule has 5 nitrogen and oxygen atoms in total.